The van der Waals surface area contributed by atoms with Gasteiger partial charge in [-0.1, -0.05) is 36.3 Å². The third kappa shape index (κ3) is 4.31. The molecule has 1 atom stereocenters. The van der Waals surface area contributed by atoms with Gasteiger partial charge in [-0.05, 0) is 62.4 Å². The van der Waals surface area contributed by atoms with E-state index in [0.717, 1.165) is 58.7 Å². The van der Waals surface area contributed by atoms with Gasteiger partial charge in [0.2, 0.25) is 0 Å². The Labute approximate surface area is 204 Å². The lowest BCUT2D eigenvalue weighted by Gasteiger charge is -2.33. The van der Waals surface area contributed by atoms with Crippen molar-refractivity contribution in [3.63, 3.8) is 0 Å². The third-order valence-corrected chi connectivity index (χ3v) is 6.46. The fourth-order valence-corrected chi connectivity index (χ4v) is 4.92. The molecule has 5 rings (SSSR count). The zero-order chi connectivity index (χ0) is 24.4. The van der Waals surface area contributed by atoms with Gasteiger partial charge in [-0.25, -0.2) is 9.97 Å². The highest BCUT2D eigenvalue weighted by atomic mass is 16.5. The smallest absolute Gasteiger partial charge is 0.298 e. The van der Waals surface area contributed by atoms with Crippen LogP contribution in [-0.2, 0) is 4.79 Å². The third-order valence-electron chi connectivity index (χ3n) is 6.46. The number of hydrogen-bond acceptors (Lipinski definition) is 5. The summed E-state index contributed by atoms with van der Waals surface area (Å²) in [5.74, 6) is 7.24. The summed E-state index contributed by atoms with van der Waals surface area (Å²) >= 11 is 0. The fourth-order valence-electron chi connectivity index (χ4n) is 4.92. The van der Waals surface area contributed by atoms with Crippen molar-refractivity contribution in [3.8, 4) is 34.5 Å². The van der Waals surface area contributed by atoms with Crippen molar-refractivity contribution in [2.75, 3.05) is 18.8 Å². The number of carbonyl (C=O) groups excluding carboxylic acids is 1. The Morgan fingerprint density at radius 1 is 1.09 bits per heavy atom. The Balaban J connectivity index is 1.54. The molecule has 3 heterocycles. The van der Waals surface area contributed by atoms with Gasteiger partial charge >= 0.3 is 0 Å². The standard InChI is InChI=1S/C28H27N5O2/c1-3-8-24(34)32-16-7-9-21(17-32)33-19(2)25(26-27(29)30-18-31-28(26)33)20-12-14-23(15-13-20)35-22-10-5-4-6-11-22/h4-6,10-15,18,21H,7,9,16-17H2,1-2H3,(H2,29,30,31)/t21-/m1/s1. The maximum atomic E-state index is 12.5. The Hall–Kier alpha value is -4.31. The van der Waals surface area contributed by atoms with Crippen molar-refractivity contribution >= 4 is 22.8 Å². The summed E-state index contributed by atoms with van der Waals surface area (Å²) < 4.78 is 8.18. The van der Waals surface area contributed by atoms with Crippen LogP contribution in [0.3, 0.4) is 0 Å². The van der Waals surface area contributed by atoms with Gasteiger partial charge in [0.1, 0.15) is 29.3 Å². The Morgan fingerprint density at radius 2 is 1.83 bits per heavy atom. The van der Waals surface area contributed by atoms with Crippen LogP contribution in [0.4, 0.5) is 5.82 Å². The van der Waals surface area contributed by atoms with Gasteiger partial charge in [0, 0.05) is 24.3 Å². The first-order valence-corrected chi connectivity index (χ1v) is 11.7. The molecule has 2 aromatic carbocycles. The van der Waals surface area contributed by atoms with Crippen LogP contribution in [-0.4, -0.2) is 38.4 Å². The number of hydrogen-bond donors (Lipinski definition) is 1. The number of para-hydroxylation sites is 1. The van der Waals surface area contributed by atoms with Crippen molar-refractivity contribution < 1.29 is 9.53 Å². The summed E-state index contributed by atoms with van der Waals surface area (Å²) in [6.45, 7) is 5.07. The summed E-state index contributed by atoms with van der Waals surface area (Å²) in [5.41, 5.74) is 10.2. The van der Waals surface area contributed by atoms with Crippen molar-refractivity contribution in [1.29, 1.82) is 0 Å². The second-order valence-corrected chi connectivity index (χ2v) is 8.65. The predicted octanol–water partition coefficient (Wildman–Crippen LogP) is 4.97. The van der Waals surface area contributed by atoms with Gasteiger partial charge in [-0.3, -0.25) is 4.79 Å². The second kappa shape index (κ2) is 9.51. The van der Waals surface area contributed by atoms with E-state index in [4.69, 9.17) is 10.5 Å². The van der Waals surface area contributed by atoms with Crippen LogP contribution in [0.2, 0.25) is 0 Å². The zero-order valence-electron chi connectivity index (χ0n) is 19.9. The van der Waals surface area contributed by atoms with Gasteiger partial charge < -0.3 is 19.9 Å². The first-order valence-electron chi connectivity index (χ1n) is 11.7. The lowest BCUT2D eigenvalue weighted by atomic mass is 10.0. The molecular weight excluding hydrogens is 438 g/mol. The van der Waals surface area contributed by atoms with Crippen LogP contribution in [0.25, 0.3) is 22.2 Å². The number of anilines is 1. The maximum Gasteiger partial charge on any atom is 0.298 e. The molecule has 1 fully saturated rings. The number of piperidine rings is 1. The minimum absolute atomic E-state index is 0.0811. The SMILES string of the molecule is CC#CC(=O)N1CCC[C@@H](n2c(C)c(-c3ccc(Oc4ccccc4)cc3)c3c(N)ncnc32)C1. The fraction of sp³-hybridized carbons (Fsp3) is 0.250. The number of carbonyl (C=O) groups is 1. The first kappa shape index (κ1) is 22.5. The highest BCUT2D eigenvalue weighted by molar-refractivity contribution is 6.02. The van der Waals surface area contributed by atoms with Gasteiger partial charge in [-0.15, -0.1) is 0 Å². The van der Waals surface area contributed by atoms with Crippen molar-refractivity contribution in [1.82, 2.24) is 19.4 Å². The van der Waals surface area contributed by atoms with Crippen molar-refractivity contribution in [3.05, 3.63) is 66.6 Å². The minimum atomic E-state index is -0.130. The molecule has 1 saturated heterocycles. The van der Waals surface area contributed by atoms with E-state index in [1.165, 1.54) is 6.33 Å². The molecule has 2 aromatic heterocycles. The molecule has 0 radical (unpaired) electrons. The Morgan fingerprint density at radius 3 is 2.57 bits per heavy atom. The molecular formula is C28H27N5O2. The highest BCUT2D eigenvalue weighted by Gasteiger charge is 2.29. The molecule has 0 unspecified atom stereocenters. The monoisotopic (exact) mass is 465 g/mol. The van der Waals surface area contributed by atoms with Crippen LogP contribution in [0, 0.1) is 18.8 Å². The lowest BCUT2D eigenvalue weighted by molar-refractivity contribution is -0.126. The number of ether oxygens (including phenoxy) is 1. The molecule has 1 amide bonds. The van der Waals surface area contributed by atoms with Gasteiger partial charge in [-0.2, -0.15) is 0 Å². The summed E-state index contributed by atoms with van der Waals surface area (Å²) in [4.78, 5) is 23.2. The largest absolute Gasteiger partial charge is 0.457 e. The molecule has 0 aliphatic carbocycles. The van der Waals surface area contributed by atoms with Gasteiger partial charge in [0.05, 0.1) is 11.4 Å². The zero-order valence-corrected chi connectivity index (χ0v) is 19.9. The van der Waals surface area contributed by atoms with E-state index in [9.17, 15) is 4.79 Å². The Bertz CT molecular complexity index is 1430. The summed E-state index contributed by atoms with van der Waals surface area (Å²) in [6.07, 6.45) is 3.35. The Kier molecular flexibility index (Phi) is 6.11. The molecule has 4 aromatic rings. The summed E-state index contributed by atoms with van der Waals surface area (Å²) in [7, 11) is 0. The van der Waals surface area contributed by atoms with Crippen LogP contribution >= 0.6 is 0 Å². The number of amides is 1. The number of nitrogens with zero attached hydrogens (tertiary/aromatic N) is 4. The number of aromatic nitrogens is 3. The quantitative estimate of drug-likeness (QED) is 0.430. The van der Waals surface area contributed by atoms with E-state index in [1.807, 2.05) is 59.5 Å². The van der Waals surface area contributed by atoms with Gasteiger partial charge in [0.25, 0.3) is 5.91 Å². The van der Waals surface area contributed by atoms with E-state index in [2.05, 4.69) is 33.3 Å². The molecule has 7 heteroatoms. The average molecular weight is 466 g/mol. The minimum Gasteiger partial charge on any atom is -0.457 e. The lowest BCUT2D eigenvalue weighted by Crippen LogP contribution is -2.40. The number of nitrogens with two attached hydrogens (primary N) is 1. The molecule has 35 heavy (non-hydrogen) atoms. The molecule has 176 valence electrons. The number of likely N-dealkylation sites (tertiary alicyclic amines) is 1. The number of nitrogen functional groups attached to an aromatic ring is 1. The number of rotatable bonds is 4. The maximum absolute atomic E-state index is 12.5. The van der Waals surface area contributed by atoms with Crippen LogP contribution in [0.5, 0.6) is 11.5 Å². The van der Waals surface area contributed by atoms with E-state index in [0.29, 0.717) is 12.4 Å². The molecule has 0 spiro atoms. The second-order valence-electron chi connectivity index (χ2n) is 8.65. The van der Waals surface area contributed by atoms with E-state index in [1.54, 1.807) is 6.92 Å². The van der Waals surface area contributed by atoms with E-state index >= 15 is 0 Å². The molecule has 7 nitrogen and oxygen atoms in total. The van der Waals surface area contributed by atoms with Crippen LogP contribution < -0.4 is 10.5 Å². The molecule has 2 N–H and O–H groups in total. The van der Waals surface area contributed by atoms with Crippen molar-refractivity contribution in [2.24, 2.45) is 0 Å². The van der Waals surface area contributed by atoms with E-state index in [-0.39, 0.29) is 11.9 Å². The molecule has 0 saturated carbocycles. The predicted molar refractivity (Wildman–Crippen MR) is 137 cm³/mol. The normalized spacial score (nSPS) is 15.5. The van der Waals surface area contributed by atoms with Crippen molar-refractivity contribution in [2.45, 2.75) is 32.7 Å². The van der Waals surface area contributed by atoms with E-state index < -0.39 is 0 Å². The van der Waals surface area contributed by atoms with Crippen LogP contribution in [0.1, 0.15) is 31.5 Å². The highest BCUT2D eigenvalue weighted by Crippen LogP contribution is 2.40. The van der Waals surface area contributed by atoms with Gasteiger partial charge in [0.15, 0.2) is 0 Å². The number of fused-ring (bicyclic) bond motifs is 1. The topological polar surface area (TPSA) is 86.3 Å². The average Bonchev–Trinajstić information content (AvgIpc) is 3.18. The first-order chi connectivity index (χ1) is 17.1. The molecule has 1 aliphatic rings. The summed E-state index contributed by atoms with van der Waals surface area (Å²) in [5, 5.41) is 0.832. The van der Waals surface area contributed by atoms with Crippen LogP contribution in [0.15, 0.2) is 60.9 Å². The summed E-state index contributed by atoms with van der Waals surface area (Å²) in [6, 6.07) is 17.7. The molecule has 1 aliphatic heterocycles. The molecule has 0 bridgehead atoms. The number of benzene rings is 2.